The zero-order valence-electron chi connectivity index (χ0n) is 24.0. The van der Waals surface area contributed by atoms with Crippen molar-refractivity contribution >= 4 is 11.9 Å². The molecule has 0 heterocycles. The van der Waals surface area contributed by atoms with Crippen LogP contribution in [-0.2, 0) is 19.1 Å². The van der Waals surface area contributed by atoms with E-state index in [4.69, 9.17) is 9.47 Å². The molecule has 0 saturated heterocycles. The van der Waals surface area contributed by atoms with E-state index in [-0.39, 0.29) is 22.8 Å². The molecule has 0 N–H and O–H groups in total. The number of esters is 2. The quantitative estimate of drug-likeness (QED) is 0.235. The Balaban J connectivity index is 1.27. The molecule has 8 fully saturated rings. The van der Waals surface area contributed by atoms with Gasteiger partial charge in [-0.25, -0.2) is 9.59 Å². The topological polar surface area (TPSA) is 52.6 Å². The van der Waals surface area contributed by atoms with Crippen LogP contribution in [0.4, 0.5) is 0 Å². The van der Waals surface area contributed by atoms with Crippen molar-refractivity contribution in [3.05, 3.63) is 0 Å². The minimum Gasteiger partial charge on any atom is -0.456 e. The molecular weight excluding hydrogens is 472 g/mol. The van der Waals surface area contributed by atoms with Crippen molar-refractivity contribution in [2.45, 2.75) is 105 Å². The van der Waals surface area contributed by atoms with E-state index < -0.39 is 0 Å². The maximum absolute atomic E-state index is 12.4. The Morgan fingerprint density at radius 1 is 0.632 bits per heavy atom. The summed E-state index contributed by atoms with van der Waals surface area (Å²) in [7, 11) is 0. The molecular formula is C34H46O4. The fraction of sp³-hybridized carbons (Fsp3) is 0.824. The van der Waals surface area contributed by atoms with E-state index in [1.54, 1.807) is 0 Å². The molecule has 4 unspecified atom stereocenters. The first kappa shape index (κ1) is 26.3. The second-order valence-electron chi connectivity index (χ2n) is 15.5. The molecule has 4 heteroatoms. The highest BCUT2D eigenvalue weighted by atomic mass is 16.5. The zero-order valence-corrected chi connectivity index (χ0v) is 24.0. The first-order valence-electron chi connectivity index (χ1n) is 15.4. The Morgan fingerprint density at radius 2 is 0.974 bits per heavy atom. The average molecular weight is 519 g/mol. The van der Waals surface area contributed by atoms with Crippen LogP contribution in [-0.4, -0.2) is 25.2 Å². The van der Waals surface area contributed by atoms with E-state index in [0.717, 1.165) is 62.2 Å². The minimum absolute atomic E-state index is 0.0240. The summed E-state index contributed by atoms with van der Waals surface area (Å²) in [5.74, 6) is 15.9. The molecule has 206 valence electrons. The number of rotatable bonds is 5. The van der Waals surface area contributed by atoms with Gasteiger partial charge in [-0.15, -0.1) is 0 Å². The van der Waals surface area contributed by atoms with E-state index in [1.165, 1.54) is 38.5 Å². The number of carbonyl (C=O) groups excluding carboxylic acids is 2. The molecule has 0 aromatic rings. The van der Waals surface area contributed by atoms with E-state index in [0.29, 0.717) is 35.9 Å². The van der Waals surface area contributed by atoms with Gasteiger partial charge < -0.3 is 9.47 Å². The standard InChI is InChI=1S/C34H46O4/c1-23(2)19-37-29(35)5-7-31-11-25-9-26(12-31)16-33(15-25,21-31)34-17-27-10-28(18-34)14-32(13-27,22-34)8-6-30(36)38-20-24(3)4/h23-28H,9-22H2,1-4H3. The van der Waals surface area contributed by atoms with Gasteiger partial charge in [-0.2, -0.15) is 0 Å². The van der Waals surface area contributed by atoms with Crippen molar-refractivity contribution in [3.63, 3.8) is 0 Å². The van der Waals surface area contributed by atoms with Gasteiger partial charge in [-0.3, -0.25) is 0 Å². The minimum atomic E-state index is -0.350. The van der Waals surface area contributed by atoms with Crippen LogP contribution in [0.1, 0.15) is 105 Å². The highest BCUT2D eigenvalue weighted by Gasteiger charge is 2.69. The van der Waals surface area contributed by atoms with Crippen LogP contribution < -0.4 is 0 Å². The van der Waals surface area contributed by atoms with Gasteiger partial charge >= 0.3 is 11.9 Å². The lowest BCUT2D eigenvalue weighted by Gasteiger charge is -2.73. The van der Waals surface area contributed by atoms with Crippen LogP contribution in [0.15, 0.2) is 0 Å². The maximum Gasteiger partial charge on any atom is 0.384 e. The fourth-order valence-corrected chi connectivity index (χ4v) is 11.0. The molecule has 8 saturated carbocycles. The highest BCUT2D eigenvalue weighted by molar-refractivity contribution is 5.89. The first-order chi connectivity index (χ1) is 18.0. The molecule has 4 atom stereocenters. The Kier molecular flexibility index (Phi) is 6.45. The van der Waals surface area contributed by atoms with Gasteiger partial charge in [0.1, 0.15) is 0 Å². The Labute approximate surface area is 229 Å². The van der Waals surface area contributed by atoms with Crippen LogP contribution >= 0.6 is 0 Å². The van der Waals surface area contributed by atoms with Crippen LogP contribution in [0.5, 0.6) is 0 Å². The maximum atomic E-state index is 12.4. The SMILES string of the molecule is CC(C)COC(=O)C#CC12CC3CC(C1)CC(C14CC5CC(CC(C#CC(=O)OCC(C)C)(C5)C1)C4)(C3)C2. The smallest absolute Gasteiger partial charge is 0.384 e. The van der Waals surface area contributed by atoms with Gasteiger partial charge in [0.2, 0.25) is 0 Å². The van der Waals surface area contributed by atoms with E-state index >= 15 is 0 Å². The Hall–Kier alpha value is -1.94. The molecule has 8 bridgehead atoms. The molecule has 8 aliphatic rings. The van der Waals surface area contributed by atoms with Gasteiger partial charge in [-0.1, -0.05) is 39.5 Å². The third-order valence-electron chi connectivity index (χ3n) is 11.2. The summed E-state index contributed by atoms with van der Waals surface area (Å²) in [4.78, 5) is 24.9. The molecule has 0 aromatic heterocycles. The number of ether oxygens (including phenoxy) is 2. The van der Waals surface area contributed by atoms with Gasteiger partial charge in [0, 0.05) is 22.7 Å². The summed E-state index contributed by atoms with van der Waals surface area (Å²) >= 11 is 0. The summed E-state index contributed by atoms with van der Waals surface area (Å²) in [5, 5.41) is 0. The molecule has 0 aromatic carbocycles. The molecule has 8 rings (SSSR count). The van der Waals surface area contributed by atoms with Crippen molar-refractivity contribution in [2.24, 2.45) is 57.2 Å². The highest BCUT2D eigenvalue weighted by Crippen LogP contribution is 2.78. The van der Waals surface area contributed by atoms with E-state index in [2.05, 4.69) is 51.4 Å². The van der Waals surface area contributed by atoms with Gasteiger partial charge in [0.15, 0.2) is 0 Å². The predicted octanol–water partition coefficient (Wildman–Crippen LogP) is 6.56. The first-order valence-corrected chi connectivity index (χ1v) is 15.4. The molecule has 8 aliphatic carbocycles. The Morgan fingerprint density at radius 3 is 1.29 bits per heavy atom. The van der Waals surface area contributed by atoms with Crippen LogP contribution in [0.25, 0.3) is 0 Å². The van der Waals surface area contributed by atoms with Crippen molar-refractivity contribution in [1.29, 1.82) is 0 Å². The summed E-state index contributed by atoms with van der Waals surface area (Å²) in [6, 6.07) is 0. The van der Waals surface area contributed by atoms with Gasteiger partial charge in [-0.05, 0) is 123 Å². The van der Waals surface area contributed by atoms with E-state index in [1.807, 2.05) is 0 Å². The van der Waals surface area contributed by atoms with Crippen LogP contribution in [0.2, 0.25) is 0 Å². The van der Waals surface area contributed by atoms with Crippen LogP contribution in [0, 0.1) is 80.8 Å². The summed E-state index contributed by atoms with van der Waals surface area (Å²) in [6.45, 7) is 9.11. The molecule has 0 aliphatic heterocycles. The lowest BCUT2D eigenvalue weighted by Crippen LogP contribution is -2.64. The largest absolute Gasteiger partial charge is 0.456 e. The third-order valence-corrected chi connectivity index (χ3v) is 11.2. The lowest BCUT2D eigenvalue weighted by atomic mass is 9.31. The second-order valence-corrected chi connectivity index (χ2v) is 15.5. The summed E-state index contributed by atoms with van der Waals surface area (Å²) in [5.41, 5.74) is 0.584. The molecule has 38 heavy (non-hydrogen) atoms. The number of carbonyl (C=O) groups is 2. The Bertz CT molecular complexity index is 991. The number of hydrogen-bond donors (Lipinski definition) is 0. The predicted molar refractivity (Wildman–Crippen MR) is 146 cm³/mol. The molecule has 4 nitrogen and oxygen atoms in total. The zero-order chi connectivity index (χ0) is 26.8. The van der Waals surface area contributed by atoms with Crippen molar-refractivity contribution in [3.8, 4) is 23.7 Å². The second kappa shape index (κ2) is 9.32. The fourth-order valence-electron chi connectivity index (χ4n) is 11.0. The molecule has 0 radical (unpaired) electrons. The average Bonchev–Trinajstić information content (AvgIpc) is 2.82. The van der Waals surface area contributed by atoms with Crippen LogP contribution in [0.3, 0.4) is 0 Å². The summed E-state index contributed by atoms with van der Waals surface area (Å²) in [6.07, 6.45) is 15.0. The molecule has 0 amide bonds. The lowest BCUT2D eigenvalue weighted by molar-refractivity contribution is -0.220. The number of hydrogen-bond acceptors (Lipinski definition) is 4. The van der Waals surface area contributed by atoms with Crippen molar-refractivity contribution < 1.29 is 19.1 Å². The van der Waals surface area contributed by atoms with E-state index in [9.17, 15) is 9.59 Å². The normalized spacial score (nSPS) is 43.4. The van der Waals surface area contributed by atoms with Gasteiger partial charge in [0.25, 0.3) is 0 Å². The third kappa shape index (κ3) is 4.69. The van der Waals surface area contributed by atoms with Gasteiger partial charge in [0.05, 0.1) is 13.2 Å². The summed E-state index contributed by atoms with van der Waals surface area (Å²) < 4.78 is 10.8. The van der Waals surface area contributed by atoms with Crippen molar-refractivity contribution in [1.82, 2.24) is 0 Å². The monoisotopic (exact) mass is 518 g/mol. The van der Waals surface area contributed by atoms with Crippen molar-refractivity contribution in [2.75, 3.05) is 13.2 Å². The molecule has 0 spiro atoms.